The normalized spacial score (nSPS) is 10.9. The number of hydrogen-bond acceptors (Lipinski definition) is 4. The Balaban J connectivity index is 2.10. The van der Waals surface area contributed by atoms with Gasteiger partial charge in [-0.25, -0.2) is 4.79 Å². The first-order valence-corrected chi connectivity index (χ1v) is 8.01. The fraction of sp³-hybridized carbons (Fsp3) is 0.176. The summed E-state index contributed by atoms with van der Waals surface area (Å²) in [6.07, 6.45) is -1.12. The number of aryl methyl sites for hydroxylation is 1. The fourth-order valence-electron chi connectivity index (χ4n) is 2.46. The number of amides is 1. The maximum Gasteiger partial charge on any atom is 0.404 e. The van der Waals surface area contributed by atoms with Crippen LogP contribution in [-0.2, 0) is 0 Å². The van der Waals surface area contributed by atoms with Gasteiger partial charge >= 0.3 is 6.09 Å². The number of ether oxygens (including phenoxy) is 1. The van der Waals surface area contributed by atoms with Crippen LogP contribution in [0.1, 0.15) is 5.56 Å². The van der Waals surface area contributed by atoms with Crippen LogP contribution in [0, 0.1) is 6.92 Å². The Labute approximate surface area is 145 Å². The van der Waals surface area contributed by atoms with Crippen molar-refractivity contribution < 1.29 is 19.1 Å². The molecule has 3 aromatic rings. The van der Waals surface area contributed by atoms with Crippen LogP contribution in [0.4, 0.5) is 4.79 Å². The van der Waals surface area contributed by atoms with Gasteiger partial charge in [0, 0.05) is 4.47 Å². The molecule has 0 atom stereocenters. The maximum atomic E-state index is 12.7. The largest absolute Gasteiger partial charge is 0.488 e. The van der Waals surface area contributed by atoms with Crippen molar-refractivity contribution in [2.75, 3.05) is 13.2 Å². The molecule has 0 unspecified atom stereocenters. The lowest BCUT2D eigenvalue weighted by atomic mass is 10.1. The predicted molar refractivity (Wildman–Crippen MR) is 93.9 cm³/mol. The molecule has 1 heterocycles. The topological polar surface area (TPSA) is 88.8 Å². The van der Waals surface area contributed by atoms with E-state index in [-0.39, 0.29) is 18.6 Å². The van der Waals surface area contributed by atoms with E-state index in [0.717, 1.165) is 10.0 Å². The third kappa shape index (κ3) is 3.21. The van der Waals surface area contributed by atoms with Gasteiger partial charge in [-0.05, 0) is 42.8 Å². The molecule has 7 heteroatoms. The molecule has 0 saturated heterocycles. The number of carbonyl (C=O) groups is 1. The molecule has 0 bridgehead atoms. The van der Waals surface area contributed by atoms with Gasteiger partial charge in [0.15, 0.2) is 11.3 Å². The van der Waals surface area contributed by atoms with Crippen molar-refractivity contribution in [1.82, 2.24) is 5.32 Å². The van der Waals surface area contributed by atoms with E-state index in [1.807, 2.05) is 6.92 Å². The Morgan fingerprint density at radius 1 is 1.29 bits per heavy atom. The van der Waals surface area contributed by atoms with Crippen molar-refractivity contribution in [2.24, 2.45) is 0 Å². The van der Waals surface area contributed by atoms with E-state index in [1.54, 1.807) is 30.3 Å². The van der Waals surface area contributed by atoms with Crippen LogP contribution >= 0.6 is 15.9 Å². The molecule has 0 aliphatic carbocycles. The van der Waals surface area contributed by atoms with Crippen LogP contribution < -0.4 is 15.5 Å². The summed E-state index contributed by atoms with van der Waals surface area (Å²) in [4.78, 5) is 23.2. The number of rotatable bonds is 4. The van der Waals surface area contributed by atoms with Gasteiger partial charge in [0.1, 0.15) is 12.2 Å². The average Bonchev–Trinajstić information content (AvgIpc) is 2.52. The Bertz CT molecular complexity index is 996. The van der Waals surface area contributed by atoms with E-state index in [4.69, 9.17) is 14.3 Å². The minimum absolute atomic E-state index is 0.129. The minimum Gasteiger partial charge on any atom is -0.488 e. The monoisotopic (exact) mass is 391 g/mol. The number of nitrogens with one attached hydrogen (secondary N) is 1. The smallest absolute Gasteiger partial charge is 0.404 e. The second kappa shape index (κ2) is 6.52. The van der Waals surface area contributed by atoms with E-state index in [9.17, 15) is 9.59 Å². The average molecular weight is 392 g/mol. The standard InChI is InChI=1S/C17H14BrNO5/c1-9-6-12-15(20)11-3-2-10(18)8-13(11)24-16(12)14(7-9)23-5-4-19-17(21)22/h2-3,6-8,19H,4-5H2,1H3,(H,21,22). The summed E-state index contributed by atoms with van der Waals surface area (Å²) in [6.45, 7) is 2.12. The lowest BCUT2D eigenvalue weighted by molar-refractivity contribution is 0.191. The first kappa shape index (κ1) is 16.3. The highest BCUT2D eigenvalue weighted by atomic mass is 79.9. The van der Waals surface area contributed by atoms with Gasteiger partial charge in [-0.3, -0.25) is 4.79 Å². The van der Waals surface area contributed by atoms with Crippen molar-refractivity contribution in [1.29, 1.82) is 0 Å². The molecule has 0 spiro atoms. The molecule has 6 nitrogen and oxygen atoms in total. The lowest BCUT2D eigenvalue weighted by Gasteiger charge is -2.10. The van der Waals surface area contributed by atoms with Crippen molar-refractivity contribution in [2.45, 2.75) is 6.92 Å². The quantitative estimate of drug-likeness (QED) is 0.523. The SMILES string of the molecule is Cc1cc(OCCNC(=O)O)c2oc3cc(Br)ccc3c(=O)c2c1. The molecule has 0 radical (unpaired) electrons. The lowest BCUT2D eigenvalue weighted by Crippen LogP contribution is -2.26. The molecule has 0 saturated carbocycles. The Hall–Kier alpha value is -2.54. The molecule has 24 heavy (non-hydrogen) atoms. The molecular formula is C17H14BrNO5. The van der Waals surface area contributed by atoms with Gasteiger partial charge in [-0.1, -0.05) is 15.9 Å². The van der Waals surface area contributed by atoms with Gasteiger partial charge in [-0.15, -0.1) is 0 Å². The zero-order valence-electron chi connectivity index (χ0n) is 12.8. The fourth-order valence-corrected chi connectivity index (χ4v) is 2.80. The maximum absolute atomic E-state index is 12.7. The van der Waals surface area contributed by atoms with Crippen molar-refractivity contribution in [3.05, 3.63) is 50.6 Å². The molecule has 0 aliphatic rings. The third-order valence-corrected chi connectivity index (χ3v) is 3.97. The van der Waals surface area contributed by atoms with Gasteiger partial charge in [0.05, 0.1) is 17.3 Å². The van der Waals surface area contributed by atoms with Crippen LogP contribution in [0.3, 0.4) is 0 Å². The molecule has 0 aliphatic heterocycles. The molecule has 2 aromatic carbocycles. The number of fused-ring (bicyclic) bond motifs is 2. The Morgan fingerprint density at radius 2 is 2.08 bits per heavy atom. The van der Waals surface area contributed by atoms with Crippen LogP contribution in [0.25, 0.3) is 21.9 Å². The predicted octanol–water partition coefficient (Wildman–Crippen LogP) is 3.66. The highest BCUT2D eigenvalue weighted by molar-refractivity contribution is 9.10. The molecule has 1 aromatic heterocycles. The summed E-state index contributed by atoms with van der Waals surface area (Å²) >= 11 is 3.36. The Kier molecular flexibility index (Phi) is 4.44. The van der Waals surface area contributed by atoms with Gasteiger partial charge in [0.2, 0.25) is 5.43 Å². The van der Waals surface area contributed by atoms with Gasteiger partial charge in [-0.2, -0.15) is 0 Å². The molecule has 3 rings (SSSR count). The molecule has 124 valence electrons. The van der Waals surface area contributed by atoms with E-state index in [2.05, 4.69) is 21.2 Å². The highest BCUT2D eigenvalue weighted by Gasteiger charge is 2.13. The van der Waals surface area contributed by atoms with Crippen molar-refractivity contribution >= 4 is 44.0 Å². The molecule has 0 fully saturated rings. The van der Waals surface area contributed by atoms with E-state index >= 15 is 0 Å². The number of hydrogen-bond donors (Lipinski definition) is 2. The number of benzene rings is 2. The summed E-state index contributed by atoms with van der Waals surface area (Å²) in [6, 6.07) is 8.74. The van der Waals surface area contributed by atoms with Crippen LogP contribution in [0.15, 0.2) is 44.0 Å². The first-order valence-electron chi connectivity index (χ1n) is 7.22. The number of carboxylic acid groups (broad SMARTS) is 1. The van der Waals surface area contributed by atoms with Gasteiger partial charge < -0.3 is 19.6 Å². The zero-order chi connectivity index (χ0) is 17.3. The van der Waals surface area contributed by atoms with E-state index < -0.39 is 6.09 Å². The van der Waals surface area contributed by atoms with Crippen LogP contribution in [0.2, 0.25) is 0 Å². The van der Waals surface area contributed by atoms with Crippen molar-refractivity contribution in [3.8, 4) is 5.75 Å². The summed E-state index contributed by atoms with van der Waals surface area (Å²) in [5.41, 5.74) is 1.54. The highest BCUT2D eigenvalue weighted by Crippen LogP contribution is 2.29. The van der Waals surface area contributed by atoms with E-state index in [1.165, 1.54) is 0 Å². The molecular weight excluding hydrogens is 378 g/mol. The first-order chi connectivity index (χ1) is 11.5. The van der Waals surface area contributed by atoms with Crippen molar-refractivity contribution in [3.63, 3.8) is 0 Å². The van der Waals surface area contributed by atoms with Crippen LogP contribution in [-0.4, -0.2) is 24.4 Å². The van der Waals surface area contributed by atoms with Crippen LogP contribution in [0.5, 0.6) is 5.75 Å². The minimum atomic E-state index is -1.12. The molecule has 2 N–H and O–H groups in total. The Morgan fingerprint density at radius 3 is 2.83 bits per heavy atom. The summed E-state index contributed by atoms with van der Waals surface area (Å²) in [5.74, 6) is 0.413. The second-order valence-electron chi connectivity index (χ2n) is 5.29. The number of halogens is 1. The summed E-state index contributed by atoms with van der Waals surface area (Å²) in [5, 5.41) is 11.7. The summed E-state index contributed by atoms with van der Waals surface area (Å²) < 4.78 is 12.3. The molecule has 1 amide bonds. The van der Waals surface area contributed by atoms with E-state index in [0.29, 0.717) is 27.7 Å². The second-order valence-corrected chi connectivity index (χ2v) is 6.21. The van der Waals surface area contributed by atoms with Gasteiger partial charge in [0.25, 0.3) is 0 Å². The zero-order valence-corrected chi connectivity index (χ0v) is 14.3. The third-order valence-electron chi connectivity index (χ3n) is 3.48. The summed E-state index contributed by atoms with van der Waals surface area (Å²) in [7, 11) is 0.